The summed E-state index contributed by atoms with van der Waals surface area (Å²) in [7, 11) is 7.47. The van der Waals surface area contributed by atoms with E-state index in [4.69, 9.17) is 0 Å². The Morgan fingerprint density at radius 1 is 0.500 bits per heavy atom. The van der Waals surface area contributed by atoms with Gasteiger partial charge in [0.25, 0.3) is 0 Å². The highest BCUT2D eigenvalue weighted by atomic mass is 33.1. The number of hydrogen-bond donors (Lipinski definition) is 0. The zero-order valence-corrected chi connectivity index (χ0v) is 19.7. The molecule has 0 N–H and O–H groups in total. The van der Waals surface area contributed by atoms with Gasteiger partial charge in [0, 0.05) is 21.3 Å². The van der Waals surface area contributed by atoms with Crippen molar-refractivity contribution in [2.24, 2.45) is 0 Å². The molecule has 150 valence electrons. The van der Waals surface area contributed by atoms with Gasteiger partial charge in [0.1, 0.15) is 0 Å². The van der Waals surface area contributed by atoms with Gasteiger partial charge in [-0.1, -0.05) is 128 Å². The predicted molar refractivity (Wildman–Crippen MR) is 139 cm³/mol. The second-order valence-corrected chi connectivity index (χ2v) is 11.4. The highest BCUT2D eigenvalue weighted by molar-refractivity contribution is 8.76. The molecule has 4 rings (SSSR count). The highest BCUT2D eigenvalue weighted by Gasteiger charge is 2.07. The SMILES string of the molecule is c1ccc(CSSCc2ccccc2-c2cccc(SSc3ccccc3)c2)cc1. The summed E-state index contributed by atoms with van der Waals surface area (Å²) >= 11 is 0. The normalized spacial score (nSPS) is 10.8. The maximum Gasteiger partial charge on any atom is 0.0295 e. The van der Waals surface area contributed by atoms with E-state index in [1.807, 2.05) is 32.4 Å². The lowest BCUT2D eigenvalue weighted by Crippen LogP contribution is -1.87. The Labute approximate surface area is 195 Å². The van der Waals surface area contributed by atoms with E-state index in [1.165, 1.54) is 32.0 Å². The van der Waals surface area contributed by atoms with Gasteiger partial charge in [0.2, 0.25) is 0 Å². The van der Waals surface area contributed by atoms with Crippen LogP contribution in [0.3, 0.4) is 0 Å². The molecule has 0 atom stereocenters. The summed E-state index contributed by atoms with van der Waals surface area (Å²) in [6, 6.07) is 38.9. The molecule has 0 aromatic heterocycles. The first-order valence-corrected chi connectivity index (χ1v) is 14.4. The maximum absolute atomic E-state index is 2.31. The molecule has 4 heteroatoms. The van der Waals surface area contributed by atoms with Gasteiger partial charge in [0.15, 0.2) is 0 Å². The minimum Gasteiger partial charge on any atom is -0.0890 e. The Bertz CT molecular complexity index is 1050. The van der Waals surface area contributed by atoms with Gasteiger partial charge in [-0.25, -0.2) is 0 Å². The molecule has 0 saturated carbocycles. The molecule has 0 aliphatic carbocycles. The quantitative estimate of drug-likeness (QED) is 0.179. The van der Waals surface area contributed by atoms with Gasteiger partial charge >= 0.3 is 0 Å². The summed E-state index contributed by atoms with van der Waals surface area (Å²) in [5.41, 5.74) is 5.39. The van der Waals surface area contributed by atoms with Crippen LogP contribution in [0.5, 0.6) is 0 Å². The molecular formula is C26H22S4. The number of rotatable bonds is 9. The molecule has 0 aliphatic rings. The van der Waals surface area contributed by atoms with Crippen molar-refractivity contribution < 1.29 is 0 Å². The lowest BCUT2D eigenvalue weighted by atomic mass is 10.0. The van der Waals surface area contributed by atoms with Crippen LogP contribution in [0.25, 0.3) is 11.1 Å². The fourth-order valence-electron chi connectivity index (χ4n) is 3.00. The molecule has 4 aromatic carbocycles. The average molecular weight is 463 g/mol. The fourth-order valence-corrected chi connectivity index (χ4v) is 7.16. The molecule has 0 spiro atoms. The van der Waals surface area contributed by atoms with Crippen LogP contribution in [0.4, 0.5) is 0 Å². The molecule has 0 unspecified atom stereocenters. The van der Waals surface area contributed by atoms with E-state index >= 15 is 0 Å². The van der Waals surface area contributed by atoms with Crippen LogP contribution in [0.1, 0.15) is 11.1 Å². The number of benzene rings is 4. The fraction of sp³-hybridized carbons (Fsp3) is 0.0769. The van der Waals surface area contributed by atoms with Crippen molar-refractivity contribution in [1.82, 2.24) is 0 Å². The molecule has 0 heterocycles. The molecule has 0 aliphatic heterocycles. The first kappa shape index (κ1) is 21.5. The van der Waals surface area contributed by atoms with Crippen molar-refractivity contribution in [2.75, 3.05) is 0 Å². The third kappa shape index (κ3) is 6.39. The van der Waals surface area contributed by atoms with E-state index in [2.05, 4.69) is 109 Å². The van der Waals surface area contributed by atoms with Crippen LogP contribution in [-0.2, 0) is 11.5 Å². The van der Waals surface area contributed by atoms with Crippen LogP contribution < -0.4 is 0 Å². The Morgan fingerprint density at radius 3 is 1.97 bits per heavy atom. The summed E-state index contributed by atoms with van der Waals surface area (Å²) in [5.74, 6) is 2.04. The Hall–Kier alpha value is -1.72. The Kier molecular flexibility index (Phi) is 8.33. The van der Waals surface area contributed by atoms with Gasteiger partial charge in [0.05, 0.1) is 0 Å². The highest BCUT2D eigenvalue weighted by Crippen LogP contribution is 2.39. The zero-order chi connectivity index (χ0) is 20.4. The smallest absolute Gasteiger partial charge is 0.0295 e. The van der Waals surface area contributed by atoms with Crippen molar-refractivity contribution in [2.45, 2.75) is 21.3 Å². The minimum absolute atomic E-state index is 1.00. The monoisotopic (exact) mass is 462 g/mol. The summed E-state index contributed by atoms with van der Waals surface area (Å²) < 4.78 is 0. The molecule has 30 heavy (non-hydrogen) atoms. The molecule has 4 aromatic rings. The zero-order valence-electron chi connectivity index (χ0n) is 16.4. The van der Waals surface area contributed by atoms with Crippen molar-refractivity contribution in [1.29, 1.82) is 0 Å². The standard InChI is InChI=1S/C26H22S4/c1-3-10-21(11-4-1)19-27-28-20-23-12-7-8-17-26(23)22-13-9-16-25(18-22)30-29-24-14-5-2-6-15-24/h1-18H,19-20H2. The minimum atomic E-state index is 1.00. The van der Waals surface area contributed by atoms with Crippen molar-refractivity contribution in [3.05, 3.63) is 120 Å². The molecule has 0 radical (unpaired) electrons. The van der Waals surface area contributed by atoms with E-state index in [1.54, 1.807) is 10.8 Å². The Morgan fingerprint density at radius 2 is 1.13 bits per heavy atom. The third-order valence-corrected chi connectivity index (χ3v) is 9.16. The van der Waals surface area contributed by atoms with Gasteiger partial charge in [-0.2, -0.15) is 0 Å². The van der Waals surface area contributed by atoms with E-state index in [-0.39, 0.29) is 0 Å². The summed E-state index contributed by atoms with van der Waals surface area (Å²) in [6.07, 6.45) is 0. The molecule has 0 bridgehead atoms. The lowest BCUT2D eigenvalue weighted by molar-refractivity contribution is 1.39. The summed E-state index contributed by atoms with van der Waals surface area (Å²) in [4.78, 5) is 2.56. The van der Waals surface area contributed by atoms with Crippen LogP contribution >= 0.6 is 43.2 Å². The largest absolute Gasteiger partial charge is 0.0890 e. The first-order chi connectivity index (χ1) is 14.9. The van der Waals surface area contributed by atoms with Crippen LogP contribution in [0.2, 0.25) is 0 Å². The van der Waals surface area contributed by atoms with E-state index in [0.29, 0.717) is 0 Å². The van der Waals surface area contributed by atoms with Gasteiger partial charge in [-0.3, -0.25) is 0 Å². The van der Waals surface area contributed by atoms with E-state index < -0.39 is 0 Å². The second kappa shape index (κ2) is 11.6. The van der Waals surface area contributed by atoms with Crippen LogP contribution in [0.15, 0.2) is 119 Å². The molecular weight excluding hydrogens is 441 g/mol. The molecule has 0 amide bonds. The van der Waals surface area contributed by atoms with Crippen molar-refractivity contribution in [3.63, 3.8) is 0 Å². The first-order valence-electron chi connectivity index (χ1n) is 9.75. The topological polar surface area (TPSA) is 0 Å². The van der Waals surface area contributed by atoms with Gasteiger partial charge < -0.3 is 0 Å². The average Bonchev–Trinajstić information content (AvgIpc) is 2.82. The predicted octanol–water partition coefficient (Wildman–Crippen LogP) is 9.23. The van der Waals surface area contributed by atoms with Gasteiger partial charge in [-0.15, -0.1) is 0 Å². The van der Waals surface area contributed by atoms with Gasteiger partial charge in [-0.05, 0) is 46.5 Å². The van der Waals surface area contributed by atoms with E-state index in [9.17, 15) is 0 Å². The Balaban J connectivity index is 1.40. The third-order valence-electron chi connectivity index (χ3n) is 4.51. The van der Waals surface area contributed by atoms with Crippen molar-refractivity contribution >= 4 is 43.2 Å². The number of hydrogen-bond acceptors (Lipinski definition) is 4. The van der Waals surface area contributed by atoms with Crippen LogP contribution in [-0.4, -0.2) is 0 Å². The molecule has 0 saturated heterocycles. The second-order valence-electron chi connectivity index (χ2n) is 6.67. The summed E-state index contributed by atoms with van der Waals surface area (Å²) in [5, 5.41) is 0. The molecule has 0 nitrogen and oxygen atoms in total. The van der Waals surface area contributed by atoms with E-state index in [0.717, 1.165) is 11.5 Å². The lowest BCUT2D eigenvalue weighted by Gasteiger charge is -2.11. The molecule has 0 fully saturated rings. The van der Waals surface area contributed by atoms with Crippen molar-refractivity contribution in [3.8, 4) is 11.1 Å². The summed E-state index contributed by atoms with van der Waals surface area (Å²) in [6.45, 7) is 0. The van der Waals surface area contributed by atoms with Crippen LogP contribution in [0, 0.1) is 0 Å². The maximum atomic E-state index is 2.31.